The van der Waals surface area contributed by atoms with E-state index in [2.05, 4.69) is 11.0 Å². The first-order valence-electron chi connectivity index (χ1n) is 1.55. The molecule has 0 aromatic heterocycles. The Hall–Kier alpha value is -0.130. The van der Waals surface area contributed by atoms with Crippen LogP contribution in [0.1, 0.15) is 0 Å². The quantitative estimate of drug-likeness (QED) is 0.279. The number of nitroso groups, excluding NO2 is 1. The third kappa shape index (κ3) is 4.04. The van der Waals surface area contributed by atoms with E-state index in [4.69, 9.17) is 0 Å². The van der Waals surface area contributed by atoms with Gasteiger partial charge in [-0.3, -0.25) is 0 Å². The van der Waals surface area contributed by atoms with Crippen LogP contribution in [0.25, 0.3) is 0 Å². The van der Waals surface area contributed by atoms with Crippen molar-refractivity contribution in [1.82, 2.24) is 5.01 Å². The van der Waals surface area contributed by atoms with Gasteiger partial charge in [-0.25, -0.2) is 4.79 Å². The van der Waals surface area contributed by atoms with Crippen molar-refractivity contribution in [2.75, 3.05) is 7.05 Å². The molecule has 0 bridgehead atoms. The summed E-state index contributed by atoms with van der Waals surface area (Å²) < 4.78 is 0. The Bertz CT molecular complexity index is 95.3. The molecule has 0 spiro atoms. The first-order chi connectivity index (χ1) is 3.18. The van der Waals surface area contributed by atoms with Crippen LogP contribution in [0.15, 0.2) is 5.29 Å². The van der Waals surface area contributed by atoms with Gasteiger partial charge in [0.15, 0.2) is 0 Å². The monoisotopic (exact) mass is 127 g/mol. The number of amides is 2. The molecule has 0 aromatic carbocycles. The Balaban J connectivity index is 0. The van der Waals surface area contributed by atoms with Crippen molar-refractivity contribution in [3.63, 3.8) is 0 Å². The molecule has 0 aliphatic rings. The van der Waals surface area contributed by atoms with Gasteiger partial charge in [0.1, 0.15) is 0 Å². The molecule has 0 aliphatic heterocycles. The summed E-state index contributed by atoms with van der Waals surface area (Å²) in [6, 6.07) is -0.852. The van der Waals surface area contributed by atoms with Gasteiger partial charge < -0.3 is 5.73 Å². The van der Waals surface area contributed by atoms with E-state index in [0.717, 1.165) is 0 Å². The van der Waals surface area contributed by atoms with Crippen molar-refractivity contribution >= 4 is 35.6 Å². The molecule has 0 unspecified atom stereocenters. The summed E-state index contributed by atoms with van der Waals surface area (Å²) >= 11 is 0. The van der Waals surface area contributed by atoms with Crippen molar-refractivity contribution in [2.24, 2.45) is 11.0 Å². The maximum atomic E-state index is 9.78. The van der Waals surface area contributed by atoms with E-state index >= 15 is 0 Å². The first kappa shape index (κ1) is 10.8. The van der Waals surface area contributed by atoms with E-state index in [9.17, 15) is 9.70 Å². The van der Waals surface area contributed by atoms with Crippen LogP contribution < -0.4 is 5.73 Å². The van der Waals surface area contributed by atoms with E-state index in [1.807, 2.05) is 0 Å². The minimum atomic E-state index is -0.852. The summed E-state index contributed by atoms with van der Waals surface area (Å²) in [6.45, 7) is 0. The van der Waals surface area contributed by atoms with Crippen LogP contribution in [-0.4, -0.2) is 47.6 Å². The van der Waals surface area contributed by atoms with Gasteiger partial charge >= 0.3 is 35.6 Å². The average Bonchev–Trinajstić information content (AvgIpc) is 1.65. The van der Waals surface area contributed by atoms with Crippen LogP contribution in [0.2, 0.25) is 0 Å². The fraction of sp³-hybridized carbons (Fsp3) is 0.500. The number of carbonyl (C=O) groups is 1. The molecule has 0 aliphatic carbocycles. The molecule has 0 fully saturated rings. The Morgan fingerprint density at radius 2 is 2.12 bits per heavy atom. The van der Waals surface area contributed by atoms with Crippen molar-refractivity contribution in [2.45, 2.75) is 0 Å². The number of hydrogen-bond acceptors (Lipinski definition) is 3. The predicted octanol–water partition coefficient (Wildman–Crippen LogP) is -0.970. The molecular weight excluding hydrogens is 121 g/mol. The molecule has 0 rings (SSSR count). The van der Waals surface area contributed by atoms with Crippen LogP contribution in [-0.2, 0) is 0 Å². The van der Waals surface area contributed by atoms with E-state index in [0.29, 0.717) is 5.01 Å². The molecule has 0 atom stereocenters. The molecule has 5 nitrogen and oxygen atoms in total. The maximum absolute atomic E-state index is 9.78. The molecule has 2 N–H and O–H groups in total. The van der Waals surface area contributed by atoms with Crippen LogP contribution in [0.4, 0.5) is 4.79 Å². The van der Waals surface area contributed by atoms with Crippen molar-refractivity contribution in [3.8, 4) is 0 Å². The number of urea groups is 1. The van der Waals surface area contributed by atoms with Crippen molar-refractivity contribution in [1.29, 1.82) is 0 Å². The summed E-state index contributed by atoms with van der Waals surface area (Å²) in [4.78, 5) is 19.1. The summed E-state index contributed by atoms with van der Waals surface area (Å²) in [5, 5.41) is 2.70. The van der Waals surface area contributed by atoms with Crippen LogP contribution in [0, 0.1) is 4.91 Å². The second-order valence-electron chi connectivity index (χ2n) is 0.943. The van der Waals surface area contributed by atoms with Gasteiger partial charge in [-0.1, -0.05) is 0 Å². The second kappa shape index (κ2) is 5.02. The zero-order valence-corrected chi connectivity index (χ0v) is 3.79. The topological polar surface area (TPSA) is 75.8 Å². The average molecular weight is 127 g/mol. The SMILES string of the molecule is CN(N=O)C(N)=O.[NaH]. The molecular formula is C2H6N3NaO2. The normalized spacial score (nSPS) is 6.62. The van der Waals surface area contributed by atoms with Crippen LogP contribution in [0.3, 0.4) is 0 Å². The number of carbonyl (C=O) groups excluding carboxylic acids is 1. The number of nitrogens with zero attached hydrogens (tertiary/aromatic N) is 2. The summed E-state index contributed by atoms with van der Waals surface area (Å²) in [5.41, 5.74) is 4.54. The zero-order chi connectivity index (χ0) is 5.86. The van der Waals surface area contributed by atoms with Gasteiger partial charge in [0.05, 0.1) is 5.29 Å². The molecule has 0 heterocycles. The zero-order valence-electron chi connectivity index (χ0n) is 3.79. The van der Waals surface area contributed by atoms with Gasteiger partial charge in [-0.2, -0.15) is 5.01 Å². The van der Waals surface area contributed by atoms with Crippen LogP contribution >= 0.6 is 0 Å². The molecule has 0 saturated heterocycles. The number of hydrogen-bond donors (Lipinski definition) is 1. The Labute approximate surface area is 68.4 Å². The first-order valence-corrected chi connectivity index (χ1v) is 1.55. The Morgan fingerprint density at radius 3 is 2.12 bits per heavy atom. The van der Waals surface area contributed by atoms with E-state index in [-0.39, 0.29) is 29.6 Å². The fourth-order valence-electron chi connectivity index (χ4n) is 0.0402. The van der Waals surface area contributed by atoms with E-state index in [1.54, 1.807) is 0 Å². The Kier molecular flexibility index (Phi) is 6.76. The Morgan fingerprint density at radius 1 is 1.75 bits per heavy atom. The van der Waals surface area contributed by atoms with Crippen LogP contribution in [0.5, 0.6) is 0 Å². The summed E-state index contributed by atoms with van der Waals surface area (Å²) in [7, 11) is 1.18. The third-order valence-corrected chi connectivity index (χ3v) is 0.441. The van der Waals surface area contributed by atoms with Crippen molar-refractivity contribution < 1.29 is 4.79 Å². The molecule has 42 valence electrons. The molecule has 0 saturated carbocycles. The standard InChI is InChI=1S/C2H5N3O2.Na.H/c1-5(4-7)2(3)6;;/h1H3,(H2,3,6);;. The third-order valence-electron chi connectivity index (χ3n) is 0.441. The van der Waals surface area contributed by atoms with Gasteiger partial charge in [0, 0.05) is 7.05 Å². The molecule has 0 radical (unpaired) electrons. The fourth-order valence-corrected chi connectivity index (χ4v) is 0.0402. The summed E-state index contributed by atoms with van der Waals surface area (Å²) in [5.74, 6) is 0. The van der Waals surface area contributed by atoms with Crippen molar-refractivity contribution in [3.05, 3.63) is 4.91 Å². The molecule has 0 aromatic rings. The van der Waals surface area contributed by atoms with E-state index < -0.39 is 6.03 Å². The minimum absolute atomic E-state index is 0. The van der Waals surface area contributed by atoms with Gasteiger partial charge in [-0.15, -0.1) is 4.91 Å². The summed E-state index contributed by atoms with van der Waals surface area (Å²) in [6.07, 6.45) is 0. The number of primary amides is 1. The number of rotatable bonds is 1. The van der Waals surface area contributed by atoms with E-state index in [1.165, 1.54) is 7.05 Å². The van der Waals surface area contributed by atoms with Gasteiger partial charge in [-0.05, 0) is 0 Å². The van der Waals surface area contributed by atoms with Gasteiger partial charge in [0.25, 0.3) is 0 Å². The molecule has 8 heavy (non-hydrogen) atoms. The van der Waals surface area contributed by atoms with Gasteiger partial charge in [0.2, 0.25) is 0 Å². The molecule has 2 amide bonds. The predicted molar refractivity (Wildman–Crippen MR) is 30.3 cm³/mol. The number of nitrogens with two attached hydrogens (primary N) is 1. The second-order valence-corrected chi connectivity index (χ2v) is 0.943. The molecule has 6 heteroatoms.